The Bertz CT molecular complexity index is 507. The maximum Gasteiger partial charge on any atom is 0.303 e. The van der Waals surface area contributed by atoms with Crippen LogP contribution in [-0.2, 0) is 4.79 Å². The molecule has 1 unspecified atom stereocenters. The minimum atomic E-state index is -0.670. The number of hydrogen-bond donors (Lipinski definition) is 1. The predicted octanol–water partition coefficient (Wildman–Crippen LogP) is 3.68. The van der Waals surface area contributed by atoms with E-state index in [2.05, 4.69) is 36.9 Å². The standard InChI is InChI=1S/C18H27NO3.ClH/c1-14-5-6-15(2)17(12-14)22-11-10-19-8-3-4-16(7-9-19)13-18(20)21;/h5-6,12,16H,3-4,7-11,13H2,1-2H3,(H,20,21);1H. The molecule has 0 amide bonds. The Morgan fingerprint density at radius 2 is 2.09 bits per heavy atom. The van der Waals surface area contributed by atoms with Crippen LogP contribution in [0.5, 0.6) is 5.75 Å². The summed E-state index contributed by atoms with van der Waals surface area (Å²) in [5.74, 6) is 0.637. The van der Waals surface area contributed by atoms with Crippen LogP contribution in [0.1, 0.15) is 36.8 Å². The smallest absolute Gasteiger partial charge is 0.303 e. The summed E-state index contributed by atoms with van der Waals surface area (Å²) >= 11 is 0. The number of carboxylic acid groups (broad SMARTS) is 1. The Kier molecular flexibility index (Phi) is 8.42. The highest BCUT2D eigenvalue weighted by Gasteiger charge is 2.19. The number of aryl methyl sites for hydroxylation is 2. The van der Waals surface area contributed by atoms with Crippen LogP contribution < -0.4 is 4.74 Å². The molecule has 1 fully saturated rings. The van der Waals surface area contributed by atoms with E-state index in [1.54, 1.807) is 0 Å². The lowest BCUT2D eigenvalue weighted by molar-refractivity contribution is -0.138. The van der Waals surface area contributed by atoms with Crippen LogP contribution in [0, 0.1) is 19.8 Å². The van der Waals surface area contributed by atoms with Crippen molar-refractivity contribution in [3.05, 3.63) is 29.3 Å². The summed E-state index contributed by atoms with van der Waals surface area (Å²) in [6, 6.07) is 6.27. The fourth-order valence-corrected chi connectivity index (χ4v) is 3.05. The number of benzene rings is 1. The molecule has 0 bridgehead atoms. The van der Waals surface area contributed by atoms with Crippen molar-refractivity contribution in [2.45, 2.75) is 39.5 Å². The average molecular weight is 342 g/mol. The van der Waals surface area contributed by atoms with E-state index in [1.165, 1.54) is 11.1 Å². The summed E-state index contributed by atoms with van der Waals surface area (Å²) < 4.78 is 5.92. The first-order chi connectivity index (χ1) is 10.5. The molecule has 2 rings (SSSR count). The van der Waals surface area contributed by atoms with Crippen LogP contribution in [0.2, 0.25) is 0 Å². The second-order valence-corrected chi connectivity index (χ2v) is 6.35. The fourth-order valence-electron chi connectivity index (χ4n) is 3.05. The first-order valence-electron chi connectivity index (χ1n) is 8.19. The molecule has 130 valence electrons. The van der Waals surface area contributed by atoms with Gasteiger partial charge in [-0.1, -0.05) is 12.1 Å². The van der Waals surface area contributed by atoms with Gasteiger partial charge in [0.2, 0.25) is 0 Å². The number of rotatable bonds is 6. The number of hydrogen-bond acceptors (Lipinski definition) is 3. The van der Waals surface area contributed by atoms with Gasteiger partial charge in [-0.3, -0.25) is 9.69 Å². The predicted molar refractivity (Wildman–Crippen MR) is 94.7 cm³/mol. The Morgan fingerprint density at radius 1 is 1.30 bits per heavy atom. The zero-order chi connectivity index (χ0) is 15.9. The average Bonchev–Trinajstić information content (AvgIpc) is 2.68. The maximum absolute atomic E-state index is 10.8. The lowest BCUT2D eigenvalue weighted by atomic mass is 9.97. The minimum Gasteiger partial charge on any atom is -0.492 e. The topological polar surface area (TPSA) is 49.8 Å². The first-order valence-corrected chi connectivity index (χ1v) is 8.19. The molecular formula is C18H28ClNO3. The van der Waals surface area contributed by atoms with Crippen LogP contribution in [-0.4, -0.2) is 42.2 Å². The van der Waals surface area contributed by atoms with Crippen molar-refractivity contribution in [1.82, 2.24) is 4.90 Å². The zero-order valence-corrected chi connectivity index (χ0v) is 14.9. The molecule has 1 heterocycles. The molecule has 4 nitrogen and oxygen atoms in total. The van der Waals surface area contributed by atoms with Gasteiger partial charge in [0.25, 0.3) is 0 Å². The quantitative estimate of drug-likeness (QED) is 0.857. The SMILES string of the molecule is Cc1ccc(C)c(OCCN2CCCC(CC(=O)O)CC2)c1.Cl. The number of halogens is 1. The van der Waals surface area contributed by atoms with Crippen LogP contribution >= 0.6 is 12.4 Å². The molecule has 0 aliphatic carbocycles. The number of likely N-dealkylation sites (tertiary alicyclic amines) is 1. The van der Waals surface area contributed by atoms with E-state index in [1.807, 2.05) is 0 Å². The molecule has 23 heavy (non-hydrogen) atoms. The van der Waals surface area contributed by atoms with Crippen molar-refractivity contribution >= 4 is 18.4 Å². The second-order valence-electron chi connectivity index (χ2n) is 6.35. The van der Waals surface area contributed by atoms with E-state index < -0.39 is 5.97 Å². The van der Waals surface area contributed by atoms with Crippen molar-refractivity contribution in [2.24, 2.45) is 5.92 Å². The Balaban J connectivity index is 0.00000264. The Labute approximate surface area is 145 Å². The number of carbonyl (C=O) groups is 1. The molecule has 0 radical (unpaired) electrons. The Hall–Kier alpha value is -1.26. The van der Waals surface area contributed by atoms with Crippen LogP contribution in [0.3, 0.4) is 0 Å². The summed E-state index contributed by atoms with van der Waals surface area (Å²) in [4.78, 5) is 13.2. The maximum atomic E-state index is 10.8. The summed E-state index contributed by atoms with van der Waals surface area (Å²) in [6.45, 7) is 7.77. The summed E-state index contributed by atoms with van der Waals surface area (Å²) in [5, 5.41) is 8.91. The molecule has 0 spiro atoms. The summed E-state index contributed by atoms with van der Waals surface area (Å²) in [5.41, 5.74) is 2.38. The van der Waals surface area contributed by atoms with E-state index in [0.29, 0.717) is 18.9 Å². The van der Waals surface area contributed by atoms with Gasteiger partial charge in [-0.25, -0.2) is 0 Å². The molecule has 1 aromatic carbocycles. The normalized spacial score (nSPS) is 18.8. The van der Waals surface area contributed by atoms with E-state index in [0.717, 1.165) is 44.6 Å². The van der Waals surface area contributed by atoms with Gasteiger partial charge in [0.05, 0.1) is 0 Å². The molecule has 1 N–H and O–H groups in total. The summed E-state index contributed by atoms with van der Waals surface area (Å²) in [6.07, 6.45) is 3.41. The third kappa shape index (κ3) is 6.80. The molecule has 5 heteroatoms. The van der Waals surface area contributed by atoms with Crippen LogP contribution in [0.25, 0.3) is 0 Å². The van der Waals surface area contributed by atoms with Gasteiger partial charge in [0.15, 0.2) is 0 Å². The van der Waals surface area contributed by atoms with Gasteiger partial charge < -0.3 is 9.84 Å². The third-order valence-corrected chi connectivity index (χ3v) is 4.41. The van der Waals surface area contributed by atoms with E-state index >= 15 is 0 Å². The lowest BCUT2D eigenvalue weighted by Gasteiger charge is -2.20. The van der Waals surface area contributed by atoms with Crippen molar-refractivity contribution in [3.8, 4) is 5.75 Å². The first kappa shape index (κ1) is 19.8. The molecule has 0 aromatic heterocycles. The van der Waals surface area contributed by atoms with E-state index in [4.69, 9.17) is 9.84 Å². The van der Waals surface area contributed by atoms with Gasteiger partial charge >= 0.3 is 5.97 Å². The molecule has 1 aliphatic heterocycles. The van der Waals surface area contributed by atoms with Gasteiger partial charge in [0.1, 0.15) is 12.4 Å². The lowest BCUT2D eigenvalue weighted by Crippen LogP contribution is -2.29. The highest BCUT2D eigenvalue weighted by molar-refractivity contribution is 5.85. The largest absolute Gasteiger partial charge is 0.492 e. The number of carboxylic acids is 1. The number of ether oxygens (including phenoxy) is 1. The molecule has 1 aliphatic rings. The molecule has 1 atom stereocenters. The zero-order valence-electron chi connectivity index (χ0n) is 14.1. The van der Waals surface area contributed by atoms with Crippen molar-refractivity contribution < 1.29 is 14.6 Å². The van der Waals surface area contributed by atoms with Crippen molar-refractivity contribution in [2.75, 3.05) is 26.2 Å². The molecule has 1 aromatic rings. The van der Waals surface area contributed by atoms with E-state index in [9.17, 15) is 4.79 Å². The van der Waals surface area contributed by atoms with Crippen LogP contribution in [0.4, 0.5) is 0 Å². The highest BCUT2D eigenvalue weighted by atomic mass is 35.5. The fraction of sp³-hybridized carbons (Fsp3) is 0.611. The summed E-state index contributed by atoms with van der Waals surface area (Å²) in [7, 11) is 0. The van der Waals surface area contributed by atoms with Crippen molar-refractivity contribution in [3.63, 3.8) is 0 Å². The van der Waals surface area contributed by atoms with E-state index in [-0.39, 0.29) is 12.4 Å². The van der Waals surface area contributed by atoms with Gasteiger partial charge in [-0.05, 0) is 69.3 Å². The number of nitrogens with zero attached hydrogens (tertiary/aromatic N) is 1. The molecule has 1 saturated heterocycles. The van der Waals surface area contributed by atoms with Gasteiger partial charge in [-0.15, -0.1) is 12.4 Å². The van der Waals surface area contributed by atoms with Crippen molar-refractivity contribution in [1.29, 1.82) is 0 Å². The van der Waals surface area contributed by atoms with Gasteiger partial charge in [-0.2, -0.15) is 0 Å². The Morgan fingerprint density at radius 3 is 2.83 bits per heavy atom. The van der Waals surface area contributed by atoms with Gasteiger partial charge in [0, 0.05) is 13.0 Å². The third-order valence-electron chi connectivity index (χ3n) is 4.41. The minimum absolute atomic E-state index is 0. The number of aliphatic carboxylic acids is 1. The molecular weight excluding hydrogens is 314 g/mol. The highest BCUT2D eigenvalue weighted by Crippen LogP contribution is 2.21. The molecule has 0 saturated carbocycles. The monoisotopic (exact) mass is 341 g/mol. The van der Waals surface area contributed by atoms with Crippen LogP contribution in [0.15, 0.2) is 18.2 Å². The second kappa shape index (κ2) is 9.78.